The van der Waals surface area contributed by atoms with E-state index in [1.807, 2.05) is 60.7 Å². The van der Waals surface area contributed by atoms with Gasteiger partial charge in [-0.2, -0.15) is 0 Å². The van der Waals surface area contributed by atoms with Gasteiger partial charge in [-0.25, -0.2) is 14.8 Å². The van der Waals surface area contributed by atoms with Crippen LogP contribution in [0.15, 0.2) is 97.1 Å². The summed E-state index contributed by atoms with van der Waals surface area (Å²) >= 11 is 0. The minimum atomic E-state index is -1.19. The highest BCUT2D eigenvalue weighted by Crippen LogP contribution is 2.40. The summed E-state index contributed by atoms with van der Waals surface area (Å²) in [6.45, 7) is 2.61. The Morgan fingerprint density at radius 1 is 0.648 bits per heavy atom. The van der Waals surface area contributed by atoms with Crippen molar-refractivity contribution in [3.8, 4) is 34.5 Å². The number of esters is 1. The molecule has 0 aliphatic carbocycles. The first kappa shape index (κ1) is 39.5. The topological polar surface area (TPSA) is 241 Å². The first-order valence-electron chi connectivity index (χ1n) is 16.1. The Bertz CT molecular complexity index is 2300. The minimum absolute atomic E-state index is 0.124. The number of carbonyl (C=O) groups excluding carboxylic acids is 2. The summed E-state index contributed by atoms with van der Waals surface area (Å²) in [5, 5.41) is 41.7. The second-order valence-electron chi connectivity index (χ2n) is 11.1. The summed E-state index contributed by atoms with van der Waals surface area (Å²) in [6, 6.07) is 28.8. The van der Waals surface area contributed by atoms with Crippen LogP contribution in [0, 0.1) is 13.8 Å². The third-order valence-corrected chi connectivity index (χ3v) is 7.42. The number of nitrogens with two attached hydrogens (primary N) is 1. The van der Waals surface area contributed by atoms with E-state index in [9.17, 15) is 29.4 Å². The molecule has 0 saturated carbocycles. The summed E-state index contributed by atoms with van der Waals surface area (Å²) in [5.74, 6) is -2.21. The Hall–Kier alpha value is -7.26. The minimum Gasteiger partial charge on any atom is -0.505 e. The fourth-order valence-corrected chi connectivity index (χ4v) is 4.99. The van der Waals surface area contributed by atoms with E-state index < -0.39 is 30.4 Å². The van der Waals surface area contributed by atoms with Crippen molar-refractivity contribution in [3.63, 3.8) is 0 Å². The maximum atomic E-state index is 12.2. The van der Waals surface area contributed by atoms with Gasteiger partial charge in [0.25, 0.3) is 5.91 Å². The number of nitrogens with zero attached hydrogens (tertiary/aromatic N) is 2. The van der Waals surface area contributed by atoms with Crippen LogP contribution in [-0.4, -0.2) is 74.4 Å². The van der Waals surface area contributed by atoms with Crippen molar-refractivity contribution in [1.82, 2.24) is 15.3 Å². The molecule has 54 heavy (non-hydrogen) atoms. The summed E-state index contributed by atoms with van der Waals surface area (Å²) in [4.78, 5) is 52.2. The van der Waals surface area contributed by atoms with Gasteiger partial charge in [-0.1, -0.05) is 60.7 Å². The summed E-state index contributed by atoms with van der Waals surface area (Å²) in [5.41, 5.74) is 5.32. The second kappa shape index (κ2) is 18.3. The van der Waals surface area contributed by atoms with Crippen LogP contribution in [0.2, 0.25) is 0 Å². The quantitative estimate of drug-likeness (QED) is 0.0975. The number of carbonyl (C=O) groups is 4. The Morgan fingerprint density at radius 3 is 1.48 bits per heavy atom. The lowest BCUT2D eigenvalue weighted by Crippen LogP contribution is -2.30. The number of carboxylic acids is 2. The molecule has 278 valence electrons. The number of carboxylic acid groups (broad SMARTS) is 2. The number of ether oxygens (including phenoxy) is 3. The number of nitrogens with one attached hydrogen (secondary N) is 1. The van der Waals surface area contributed by atoms with Crippen LogP contribution in [0.4, 0.5) is 0 Å². The van der Waals surface area contributed by atoms with E-state index in [1.54, 1.807) is 50.2 Å². The van der Waals surface area contributed by atoms with Gasteiger partial charge in [0.1, 0.15) is 29.5 Å². The number of aliphatic carboxylic acids is 2. The number of rotatable bonds is 9. The average molecular weight is 737 g/mol. The molecule has 0 atom stereocenters. The predicted molar refractivity (Wildman–Crippen MR) is 197 cm³/mol. The van der Waals surface area contributed by atoms with Crippen molar-refractivity contribution >= 4 is 45.4 Å². The van der Waals surface area contributed by atoms with Gasteiger partial charge >= 0.3 is 17.9 Å². The number of aromatic hydroxyl groups is 2. The number of fused-ring (bicyclic) bond motifs is 2. The van der Waals surface area contributed by atoms with Crippen molar-refractivity contribution in [3.05, 3.63) is 120 Å². The van der Waals surface area contributed by atoms with Crippen LogP contribution < -0.4 is 20.5 Å². The lowest BCUT2D eigenvalue weighted by molar-refractivity contribution is -0.136. The molecule has 0 aliphatic rings. The van der Waals surface area contributed by atoms with Crippen LogP contribution in [0.5, 0.6) is 34.5 Å². The zero-order valence-corrected chi connectivity index (χ0v) is 29.3. The van der Waals surface area contributed by atoms with Gasteiger partial charge in [0.2, 0.25) is 0 Å². The lowest BCUT2D eigenvalue weighted by atomic mass is 10.1. The number of para-hydroxylation sites is 2. The summed E-state index contributed by atoms with van der Waals surface area (Å²) in [7, 11) is 1.25. The molecular formula is C39H36N4O11. The van der Waals surface area contributed by atoms with Gasteiger partial charge in [0.05, 0.1) is 24.4 Å². The molecule has 0 spiro atoms. The highest BCUT2D eigenvalue weighted by atomic mass is 16.5. The van der Waals surface area contributed by atoms with E-state index >= 15 is 0 Å². The molecule has 4 aromatic carbocycles. The van der Waals surface area contributed by atoms with E-state index in [2.05, 4.69) is 25.8 Å². The molecule has 0 bridgehead atoms. The smallest absolute Gasteiger partial charge is 0.360 e. The van der Waals surface area contributed by atoms with Gasteiger partial charge in [-0.05, 0) is 50.2 Å². The third-order valence-electron chi connectivity index (χ3n) is 7.42. The van der Waals surface area contributed by atoms with E-state index in [1.165, 1.54) is 7.11 Å². The van der Waals surface area contributed by atoms with Gasteiger partial charge in [0, 0.05) is 22.2 Å². The van der Waals surface area contributed by atoms with Crippen molar-refractivity contribution in [2.24, 2.45) is 5.73 Å². The Labute approximate surface area is 308 Å². The second-order valence-corrected chi connectivity index (χ2v) is 11.1. The molecule has 7 N–H and O–H groups in total. The van der Waals surface area contributed by atoms with Gasteiger partial charge in [-0.15, -0.1) is 0 Å². The highest BCUT2D eigenvalue weighted by molar-refractivity contribution is 6.05. The molecule has 1 amide bonds. The monoisotopic (exact) mass is 736 g/mol. The number of pyridine rings is 2. The van der Waals surface area contributed by atoms with Crippen LogP contribution >= 0.6 is 0 Å². The standard InChI is InChI=1S/C19H16N2O5.C18H15NO4.C2H5NO2/c1-11-13-8-5-9-14(26-12-6-3-2-4-7-12)16(13)18(24)17(21-11)19(25)20-10-15(22)23;1-11-13-9-6-10-14(23-12-7-4-3-5-8-12)15(13)17(20)16(19-11)18(21)22-2;3-1-2(4)5/h2-9,24H,10H2,1H3,(H,20,25)(H,22,23);3-10,20H,1-2H3;1,3H2,(H,4,5). The first-order valence-corrected chi connectivity index (χ1v) is 16.1. The van der Waals surface area contributed by atoms with Gasteiger partial charge in [0.15, 0.2) is 22.9 Å². The largest absolute Gasteiger partial charge is 0.505 e. The maximum absolute atomic E-state index is 12.2. The zero-order chi connectivity index (χ0) is 39.4. The number of methoxy groups -OCH3 is 1. The van der Waals surface area contributed by atoms with Crippen LogP contribution in [-0.2, 0) is 14.3 Å². The van der Waals surface area contributed by atoms with E-state index in [-0.39, 0.29) is 29.4 Å². The lowest BCUT2D eigenvalue weighted by Gasteiger charge is -2.14. The van der Waals surface area contributed by atoms with E-state index in [4.69, 9.17) is 19.7 Å². The molecule has 0 fully saturated rings. The Kier molecular flexibility index (Phi) is 13.4. The Morgan fingerprint density at radius 2 is 1.07 bits per heavy atom. The molecule has 2 aromatic heterocycles. The molecule has 2 heterocycles. The predicted octanol–water partition coefficient (Wildman–Crippen LogP) is 5.71. The first-order chi connectivity index (χ1) is 25.9. The van der Waals surface area contributed by atoms with Crippen LogP contribution in [0.3, 0.4) is 0 Å². The molecule has 6 aromatic rings. The number of aryl methyl sites for hydroxylation is 2. The molecular weight excluding hydrogens is 700 g/mol. The number of hydrogen-bond acceptors (Lipinski definition) is 12. The highest BCUT2D eigenvalue weighted by Gasteiger charge is 2.22. The van der Waals surface area contributed by atoms with Crippen molar-refractivity contribution in [1.29, 1.82) is 0 Å². The average Bonchev–Trinajstić information content (AvgIpc) is 3.17. The third kappa shape index (κ3) is 9.74. The van der Waals surface area contributed by atoms with Crippen LogP contribution in [0.1, 0.15) is 32.4 Å². The maximum Gasteiger partial charge on any atom is 0.360 e. The van der Waals surface area contributed by atoms with Crippen LogP contribution in [0.25, 0.3) is 21.5 Å². The van der Waals surface area contributed by atoms with E-state index in [0.717, 1.165) is 0 Å². The number of aromatic nitrogens is 2. The van der Waals surface area contributed by atoms with Crippen molar-refractivity contribution in [2.75, 3.05) is 20.2 Å². The molecule has 0 radical (unpaired) electrons. The SMILES string of the molecule is COC(=O)c1nc(C)c2cccc(Oc3ccccc3)c2c1O.Cc1nc(C(=O)NCC(=O)O)c(O)c2c(Oc3ccccc3)cccc12.NCC(=O)O. The number of benzene rings is 4. The number of hydrogen-bond donors (Lipinski definition) is 6. The van der Waals surface area contributed by atoms with E-state index in [0.29, 0.717) is 55.9 Å². The fraction of sp³-hybridized carbons (Fsp3) is 0.128. The molecule has 0 aliphatic heterocycles. The van der Waals surface area contributed by atoms with Gasteiger partial charge < -0.3 is 45.7 Å². The molecule has 15 heteroatoms. The Balaban J connectivity index is 0.000000215. The summed E-state index contributed by atoms with van der Waals surface area (Å²) < 4.78 is 16.4. The number of amides is 1. The van der Waals surface area contributed by atoms with Gasteiger partial charge in [-0.3, -0.25) is 14.4 Å². The molecule has 15 nitrogen and oxygen atoms in total. The fourth-order valence-electron chi connectivity index (χ4n) is 4.99. The normalized spacial score (nSPS) is 10.2. The summed E-state index contributed by atoms with van der Waals surface area (Å²) in [6.07, 6.45) is 0. The van der Waals surface area contributed by atoms with Crippen molar-refractivity contribution < 1.29 is 53.8 Å². The molecule has 0 unspecified atom stereocenters. The zero-order valence-electron chi connectivity index (χ0n) is 29.3. The molecule has 6 rings (SSSR count). The van der Waals surface area contributed by atoms with Crippen molar-refractivity contribution in [2.45, 2.75) is 13.8 Å². The molecule has 0 saturated heterocycles.